The van der Waals surface area contributed by atoms with Crippen LogP contribution < -0.4 is 10.6 Å². The third kappa shape index (κ3) is 4.41. The van der Waals surface area contributed by atoms with E-state index in [1.807, 2.05) is 30.3 Å². The summed E-state index contributed by atoms with van der Waals surface area (Å²) < 4.78 is 5.39. The summed E-state index contributed by atoms with van der Waals surface area (Å²) in [6.07, 6.45) is 1.55. The van der Waals surface area contributed by atoms with Crippen molar-refractivity contribution in [1.82, 2.24) is 4.90 Å². The molecule has 0 radical (unpaired) electrons. The molecule has 0 bridgehead atoms. The monoisotopic (exact) mass is 403 g/mol. The first kappa shape index (κ1) is 19.4. The Morgan fingerprint density at radius 1 is 1.03 bits per heavy atom. The Morgan fingerprint density at radius 3 is 2.57 bits per heavy atom. The standard InChI is InChI=1S/C23H21N3O4/c27-21-13-19(18-10-4-5-11-20(18)25-21)23(29)26(14-17-9-6-12-30-17)15-22(28)24-16-7-2-1-3-8-16/h1-12,19H,13-15H2,(H,24,28)(H,25,27)/t19-/m1/s1. The minimum absolute atomic E-state index is 0.0325. The zero-order valence-electron chi connectivity index (χ0n) is 16.2. The van der Waals surface area contributed by atoms with Gasteiger partial charge < -0.3 is 20.0 Å². The number of anilines is 2. The van der Waals surface area contributed by atoms with Crippen molar-refractivity contribution in [3.63, 3.8) is 0 Å². The number of nitrogens with zero attached hydrogens (tertiary/aromatic N) is 1. The van der Waals surface area contributed by atoms with Gasteiger partial charge in [0, 0.05) is 17.8 Å². The molecule has 4 rings (SSSR count). The molecule has 3 aromatic rings. The maximum Gasteiger partial charge on any atom is 0.244 e. The third-order valence-electron chi connectivity index (χ3n) is 4.93. The molecular weight excluding hydrogens is 382 g/mol. The van der Waals surface area contributed by atoms with Crippen LogP contribution in [0.2, 0.25) is 0 Å². The number of para-hydroxylation sites is 2. The molecule has 0 fully saturated rings. The molecule has 0 saturated heterocycles. The summed E-state index contributed by atoms with van der Waals surface area (Å²) in [7, 11) is 0. The van der Waals surface area contributed by atoms with Crippen molar-refractivity contribution in [2.75, 3.05) is 17.2 Å². The van der Waals surface area contributed by atoms with E-state index in [-0.39, 0.29) is 37.2 Å². The van der Waals surface area contributed by atoms with Gasteiger partial charge in [0.1, 0.15) is 12.3 Å². The van der Waals surface area contributed by atoms with Crippen LogP contribution in [0.4, 0.5) is 11.4 Å². The summed E-state index contributed by atoms with van der Waals surface area (Å²) in [5.41, 5.74) is 2.02. The number of carbonyl (C=O) groups is 3. The molecule has 0 aliphatic carbocycles. The lowest BCUT2D eigenvalue weighted by Crippen LogP contribution is -2.42. The summed E-state index contributed by atoms with van der Waals surface area (Å²) in [6.45, 7) is -0.0248. The summed E-state index contributed by atoms with van der Waals surface area (Å²) in [5, 5.41) is 5.59. The topological polar surface area (TPSA) is 91.7 Å². The van der Waals surface area contributed by atoms with Crippen molar-refractivity contribution < 1.29 is 18.8 Å². The Balaban J connectivity index is 1.57. The van der Waals surface area contributed by atoms with E-state index in [2.05, 4.69) is 10.6 Å². The second-order valence-electron chi connectivity index (χ2n) is 7.08. The Hall–Kier alpha value is -3.87. The summed E-state index contributed by atoms with van der Waals surface area (Å²) >= 11 is 0. The van der Waals surface area contributed by atoms with Gasteiger partial charge in [0.05, 0.1) is 18.7 Å². The SMILES string of the molecule is O=C(CN(Cc1ccco1)C(=O)[C@@H]1CC(=O)Nc2ccccc21)Nc1ccccc1. The average Bonchev–Trinajstić information content (AvgIpc) is 3.26. The predicted octanol–water partition coefficient (Wildman–Crippen LogP) is 3.37. The molecule has 7 nitrogen and oxygen atoms in total. The highest BCUT2D eigenvalue weighted by atomic mass is 16.3. The van der Waals surface area contributed by atoms with E-state index in [0.717, 1.165) is 5.56 Å². The lowest BCUT2D eigenvalue weighted by Gasteiger charge is -2.30. The second-order valence-corrected chi connectivity index (χ2v) is 7.08. The van der Waals surface area contributed by atoms with Gasteiger partial charge >= 0.3 is 0 Å². The van der Waals surface area contributed by atoms with E-state index in [9.17, 15) is 14.4 Å². The number of fused-ring (bicyclic) bond motifs is 1. The molecule has 30 heavy (non-hydrogen) atoms. The molecule has 1 aliphatic rings. The summed E-state index contributed by atoms with van der Waals surface area (Å²) in [6, 6.07) is 19.7. The zero-order chi connectivity index (χ0) is 20.9. The normalized spacial score (nSPS) is 15.1. The Labute approximate surface area is 173 Å². The fraction of sp³-hybridized carbons (Fsp3) is 0.174. The number of amides is 3. The predicted molar refractivity (Wildman–Crippen MR) is 112 cm³/mol. The van der Waals surface area contributed by atoms with Crippen LogP contribution in [-0.4, -0.2) is 29.2 Å². The van der Waals surface area contributed by atoms with Gasteiger partial charge in [0.15, 0.2) is 0 Å². The zero-order valence-corrected chi connectivity index (χ0v) is 16.2. The minimum atomic E-state index is -0.658. The highest BCUT2D eigenvalue weighted by Gasteiger charge is 2.34. The smallest absolute Gasteiger partial charge is 0.244 e. The van der Waals surface area contributed by atoms with Crippen LogP contribution in [0.15, 0.2) is 77.4 Å². The van der Waals surface area contributed by atoms with E-state index >= 15 is 0 Å². The number of rotatable bonds is 6. The molecule has 1 aromatic heterocycles. The van der Waals surface area contributed by atoms with Crippen LogP contribution in [0.5, 0.6) is 0 Å². The number of carbonyl (C=O) groups excluding carboxylic acids is 3. The first-order valence-corrected chi connectivity index (χ1v) is 9.65. The molecular formula is C23H21N3O4. The van der Waals surface area contributed by atoms with Crippen molar-refractivity contribution in [2.24, 2.45) is 0 Å². The van der Waals surface area contributed by atoms with Crippen LogP contribution in [0.25, 0.3) is 0 Å². The molecule has 0 unspecified atom stereocenters. The van der Waals surface area contributed by atoms with Gasteiger partial charge in [-0.15, -0.1) is 0 Å². The van der Waals surface area contributed by atoms with E-state index in [0.29, 0.717) is 17.1 Å². The molecule has 1 aliphatic heterocycles. The molecule has 2 aromatic carbocycles. The van der Waals surface area contributed by atoms with Gasteiger partial charge in [-0.25, -0.2) is 0 Å². The van der Waals surface area contributed by atoms with Gasteiger partial charge in [-0.2, -0.15) is 0 Å². The van der Waals surface area contributed by atoms with E-state index in [1.165, 1.54) is 11.2 Å². The van der Waals surface area contributed by atoms with Gasteiger partial charge in [-0.3, -0.25) is 14.4 Å². The highest BCUT2D eigenvalue weighted by Crippen LogP contribution is 2.33. The molecule has 0 saturated carbocycles. The van der Waals surface area contributed by atoms with Crippen LogP contribution in [0.3, 0.4) is 0 Å². The lowest BCUT2D eigenvalue weighted by molar-refractivity contribution is -0.138. The van der Waals surface area contributed by atoms with Gasteiger partial charge in [0.25, 0.3) is 0 Å². The number of furan rings is 1. The van der Waals surface area contributed by atoms with Crippen molar-refractivity contribution >= 4 is 29.1 Å². The van der Waals surface area contributed by atoms with Crippen molar-refractivity contribution in [1.29, 1.82) is 0 Å². The quantitative estimate of drug-likeness (QED) is 0.660. The molecule has 2 heterocycles. The first-order chi connectivity index (χ1) is 14.6. The molecule has 7 heteroatoms. The fourth-order valence-electron chi connectivity index (χ4n) is 3.55. The fourth-order valence-corrected chi connectivity index (χ4v) is 3.55. The van der Waals surface area contributed by atoms with Crippen molar-refractivity contribution in [3.05, 3.63) is 84.3 Å². The minimum Gasteiger partial charge on any atom is -0.467 e. The van der Waals surface area contributed by atoms with Crippen molar-refractivity contribution in [2.45, 2.75) is 18.9 Å². The average molecular weight is 403 g/mol. The third-order valence-corrected chi connectivity index (χ3v) is 4.93. The van der Waals surface area contributed by atoms with E-state index in [4.69, 9.17) is 4.42 Å². The Bertz CT molecular complexity index is 1050. The first-order valence-electron chi connectivity index (χ1n) is 9.65. The summed E-state index contributed by atoms with van der Waals surface area (Å²) in [5.74, 6) is -0.941. The van der Waals surface area contributed by atoms with Crippen LogP contribution in [-0.2, 0) is 20.9 Å². The molecule has 0 spiro atoms. The largest absolute Gasteiger partial charge is 0.467 e. The number of nitrogens with one attached hydrogen (secondary N) is 2. The van der Waals surface area contributed by atoms with E-state index in [1.54, 1.807) is 36.4 Å². The van der Waals surface area contributed by atoms with Crippen LogP contribution >= 0.6 is 0 Å². The molecule has 2 N–H and O–H groups in total. The van der Waals surface area contributed by atoms with E-state index < -0.39 is 5.92 Å². The Morgan fingerprint density at radius 2 is 1.80 bits per heavy atom. The maximum absolute atomic E-state index is 13.4. The number of hydrogen-bond donors (Lipinski definition) is 2. The van der Waals surface area contributed by atoms with Crippen LogP contribution in [0.1, 0.15) is 23.7 Å². The van der Waals surface area contributed by atoms with Crippen molar-refractivity contribution in [3.8, 4) is 0 Å². The molecule has 152 valence electrons. The summed E-state index contributed by atoms with van der Waals surface area (Å²) in [4.78, 5) is 39.7. The van der Waals surface area contributed by atoms with Gasteiger partial charge in [0.2, 0.25) is 17.7 Å². The van der Waals surface area contributed by atoms with Gasteiger partial charge in [-0.05, 0) is 35.9 Å². The maximum atomic E-state index is 13.4. The molecule has 3 amide bonds. The Kier molecular flexibility index (Phi) is 5.61. The van der Waals surface area contributed by atoms with Gasteiger partial charge in [-0.1, -0.05) is 36.4 Å². The number of benzene rings is 2. The molecule has 1 atom stereocenters. The number of hydrogen-bond acceptors (Lipinski definition) is 4. The van der Waals surface area contributed by atoms with Crippen LogP contribution in [0, 0.1) is 0 Å². The lowest BCUT2D eigenvalue weighted by atomic mass is 9.89. The highest BCUT2D eigenvalue weighted by molar-refractivity contribution is 6.02. The second kappa shape index (κ2) is 8.65.